The van der Waals surface area contributed by atoms with Crippen molar-refractivity contribution in [3.05, 3.63) is 48.6 Å². The van der Waals surface area contributed by atoms with Crippen LogP contribution < -0.4 is 0 Å². The van der Waals surface area contributed by atoms with Gasteiger partial charge in [0.25, 0.3) is 5.91 Å². The summed E-state index contributed by atoms with van der Waals surface area (Å²) in [7, 11) is 0. The molecule has 0 saturated carbocycles. The van der Waals surface area contributed by atoms with Gasteiger partial charge in [-0.25, -0.2) is 0 Å². The number of rotatable bonds is 6. The van der Waals surface area contributed by atoms with Crippen molar-refractivity contribution in [3.63, 3.8) is 0 Å². The zero-order valence-electron chi connectivity index (χ0n) is 15.8. The van der Waals surface area contributed by atoms with Gasteiger partial charge in [0.2, 0.25) is 5.60 Å². The Morgan fingerprint density at radius 1 is 1.44 bits per heavy atom. The Morgan fingerprint density at radius 2 is 2.11 bits per heavy atom. The summed E-state index contributed by atoms with van der Waals surface area (Å²) in [4.78, 5) is 25.9. The highest BCUT2D eigenvalue weighted by Crippen LogP contribution is 2.42. The summed E-state index contributed by atoms with van der Waals surface area (Å²) in [6.45, 7) is 8.89. The molecule has 1 aromatic rings. The number of nitrogens with zero attached hydrogens (tertiary/aromatic N) is 1. The summed E-state index contributed by atoms with van der Waals surface area (Å²) in [5.41, 5.74) is -1.03. The lowest BCUT2D eigenvalue weighted by atomic mass is 9.74. The molecular weight excluding hydrogens is 350 g/mol. The van der Waals surface area contributed by atoms with Crippen molar-refractivity contribution in [1.29, 1.82) is 0 Å². The van der Waals surface area contributed by atoms with E-state index in [1.54, 1.807) is 13.8 Å². The van der Waals surface area contributed by atoms with Crippen molar-refractivity contribution in [2.45, 2.75) is 57.0 Å². The van der Waals surface area contributed by atoms with E-state index in [0.29, 0.717) is 6.54 Å². The van der Waals surface area contributed by atoms with Crippen LogP contribution in [0.15, 0.2) is 43.0 Å². The van der Waals surface area contributed by atoms with Gasteiger partial charge in [0.1, 0.15) is 12.1 Å². The number of hydrogen-bond acceptors (Lipinski definition) is 6. The highest BCUT2D eigenvalue weighted by Gasteiger charge is 2.68. The van der Waals surface area contributed by atoms with E-state index in [-0.39, 0.29) is 6.61 Å². The van der Waals surface area contributed by atoms with Crippen molar-refractivity contribution >= 4 is 11.9 Å². The molecule has 2 aliphatic rings. The van der Waals surface area contributed by atoms with Crippen LogP contribution in [0, 0.1) is 0 Å². The van der Waals surface area contributed by atoms with E-state index < -0.39 is 41.5 Å². The predicted octanol–water partition coefficient (Wildman–Crippen LogP) is 1.40. The number of hydrogen-bond donors (Lipinski definition) is 1. The van der Waals surface area contributed by atoms with Gasteiger partial charge < -0.3 is 24.2 Å². The molecule has 7 nitrogen and oxygen atoms in total. The minimum absolute atomic E-state index is 0.211. The number of aliphatic hydroxyl groups is 1. The molecule has 0 bridgehead atoms. The Balaban J connectivity index is 1.91. The summed E-state index contributed by atoms with van der Waals surface area (Å²) >= 11 is 0. The molecule has 4 atom stereocenters. The number of benzene rings is 1. The molecule has 3 rings (SSSR count). The van der Waals surface area contributed by atoms with Gasteiger partial charge in [-0.3, -0.25) is 9.59 Å². The molecule has 0 aliphatic carbocycles. The fourth-order valence-corrected chi connectivity index (χ4v) is 3.75. The second kappa shape index (κ2) is 7.07. The zero-order valence-corrected chi connectivity index (χ0v) is 15.8. The number of likely N-dealkylation sites (tertiary alicyclic amines) is 1. The van der Waals surface area contributed by atoms with E-state index in [0.717, 1.165) is 5.56 Å². The van der Waals surface area contributed by atoms with Crippen LogP contribution >= 0.6 is 0 Å². The maximum absolute atomic E-state index is 12.9. The maximum Gasteiger partial charge on any atom is 0.303 e. The Hall–Kier alpha value is -2.22. The lowest BCUT2D eigenvalue weighted by Gasteiger charge is -2.56. The summed E-state index contributed by atoms with van der Waals surface area (Å²) < 4.78 is 16.7. The molecule has 1 amide bonds. The van der Waals surface area contributed by atoms with Gasteiger partial charge >= 0.3 is 5.97 Å². The minimum atomic E-state index is -1.95. The largest absolute Gasteiger partial charge is 0.455 e. The number of carbonyl (C=O) groups is 2. The van der Waals surface area contributed by atoms with Crippen LogP contribution in [0.4, 0.5) is 0 Å². The third-order valence-corrected chi connectivity index (χ3v) is 4.91. The van der Waals surface area contributed by atoms with Crippen LogP contribution in [0.25, 0.3) is 0 Å². The van der Waals surface area contributed by atoms with Crippen molar-refractivity contribution < 1.29 is 28.9 Å². The van der Waals surface area contributed by atoms with Crippen LogP contribution in [0.3, 0.4) is 0 Å². The second-order valence-electron chi connectivity index (χ2n) is 7.32. The number of ether oxygens (including phenoxy) is 3. The first kappa shape index (κ1) is 19.5. The number of carbonyl (C=O) groups excluding carboxylic acids is 2. The Kier molecular flexibility index (Phi) is 5.12. The highest BCUT2D eigenvalue weighted by molar-refractivity contribution is 5.94. The first-order chi connectivity index (χ1) is 12.7. The first-order valence-electron chi connectivity index (χ1n) is 8.88. The topological polar surface area (TPSA) is 85.3 Å². The van der Waals surface area contributed by atoms with E-state index >= 15 is 0 Å². The smallest absolute Gasteiger partial charge is 0.303 e. The van der Waals surface area contributed by atoms with Crippen LogP contribution in [-0.4, -0.2) is 58.1 Å². The fourth-order valence-electron chi connectivity index (χ4n) is 3.75. The molecule has 2 saturated heterocycles. The van der Waals surface area contributed by atoms with Gasteiger partial charge in [0.15, 0.2) is 11.9 Å². The molecule has 7 heteroatoms. The maximum atomic E-state index is 12.9. The van der Waals surface area contributed by atoms with Crippen LogP contribution in [-0.2, 0) is 30.3 Å². The molecule has 2 aliphatic heterocycles. The molecule has 1 N–H and O–H groups in total. The van der Waals surface area contributed by atoms with Gasteiger partial charge in [-0.15, -0.1) is 0 Å². The van der Waals surface area contributed by atoms with E-state index in [2.05, 4.69) is 6.58 Å². The molecule has 2 heterocycles. The Morgan fingerprint density at radius 3 is 2.63 bits per heavy atom. The zero-order chi connectivity index (χ0) is 19.8. The molecule has 2 fully saturated rings. The Bertz CT molecular complexity index is 733. The molecule has 0 spiro atoms. The third kappa shape index (κ3) is 3.50. The average Bonchev–Trinajstić information content (AvgIpc) is 2.98. The average molecular weight is 375 g/mol. The number of amides is 1. The van der Waals surface area contributed by atoms with E-state index in [4.69, 9.17) is 14.2 Å². The van der Waals surface area contributed by atoms with Gasteiger partial charge in [0, 0.05) is 13.5 Å². The quantitative estimate of drug-likeness (QED) is 0.460. The first-order valence-corrected chi connectivity index (χ1v) is 8.88. The molecule has 0 unspecified atom stereocenters. The lowest BCUT2D eigenvalue weighted by Crippen LogP contribution is -2.81. The normalized spacial score (nSPS) is 30.5. The minimum Gasteiger partial charge on any atom is -0.455 e. The van der Waals surface area contributed by atoms with Crippen molar-refractivity contribution in [1.82, 2.24) is 4.90 Å². The van der Waals surface area contributed by atoms with Crippen molar-refractivity contribution in [2.24, 2.45) is 0 Å². The van der Waals surface area contributed by atoms with Crippen LogP contribution in [0.1, 0.15) is 26.3 Å². The fraction of sp³-hybridized carbons (Fsp3) is 0.500. The summed E-state index contributed by atoms with van der Waals surface area (Å²) in [6.07, 6.45) is -0.469. The molecule has 146 valence electrons. The lowest BCUT2D eigenvalue weighted by molar-refractivity contribution is -0.235. The standard InChI is InChI=1S/C20H25NO6/c1-5-16(26-13(2)22)20(24)17(15-12-25-19(3,4)27-15)21(18(20)23)11-14-9-7-6-8-10-14/h5-10,15-17,24H,1,11-12H2,2-4H3/t15-,16+,17+,20-/m1/s1. The van der Waals surface area contributed by atoms with Gasteiger partial charge in [0.05, 0.1) is 6.61 Å². The van der Waals surface area contributed by atoms with Crippen LogP contribution in [0.5, 0.6) is 0 Å². The van der Waals surface area contributed by atoms with Crippen molar-refractivity contribution in [2.75, 3.05) is 6.61 Å². The van der Waals surface area contributed by atoms with E-state index in [9.17, 15) is 14.7 Å². The summed E-state index contributed by atoms with van der Waals surface area (Å²) in [6, 6.07) is 8.70. The Labute approximate surface area is 158 Å². The van der Waals surface area contributed by atoms with Gasteiger partial charge in [-0.05, 0) is 25.5 Å². The van der Waals surface area contributed by atoms with Crippen LogP contribution in [0.2, 0.25) is 0 Å². The number of esters is 1. The third-order valence-electron chi connectivity index (χ3n) is 4.91. The molecule has 1 aromatic carbocycles. The SMILES string of the molecule is C=C[C@H](OC(C)=O)[C@]1(O)C(=O)N(Cc2ccccc2)[C@H]1[C@H]1COC(C)(C)O1. The molecular formula is C20H25NO6. The number of β-lactam (4-membered cyclic amide) rings is 1. The molecule has 27 heavy (non-hydrogen) atoms. The molecule has 0 aromatic heterocycles. The molecule has 0 radical (unpaired) electrons. The van der Waals surface area contributed by atoms with Gasteiger partial charge in [-0.2, -0.15) is 0 Å². The highest BCUT2D eigenvalue weighted by atomic mass is 16.7. The van der Waals surface area contributed by atoms with Gasteiger partial charge in [-0.1, -0.05) is 36.9 Å². The second-order valence-corrected chi connectivity index (χ2v) is 7.32. The van der Waals surface area contributed by atoms with E-state index in [1.807, 2.05) is 30.3 Å². The summed E-state index contributed by atoms with van der Waals surface area (Å²) in [5, 5.41) is 11.3. The summed E-state index contributed by atoms with van der Waals surface area (Å²) in [5.74, 6) is -1.96. The monoisotopic (exact) mass is 375 g/mol. The van der Waals surface area contributed by atoms with E-state index in [1.165, 1.54) is 17.9 Å². The van der Waals surface area contributed by atoms with Crippen molar-refractivity contribution in [3.8, 4) is 0 Å². The predicted molar refractivity (Wildman–Crippen MR) is 96.4 cm³/mol.